The molecular formula is C26H37N3O3S. The molecule has 0 aliphatic carbocycles. The molecule has 0 bridgehead atoms. The molecule has 1 aromatic heterocycles. The summed E-state index contributed by atoms with van der Waals surface area (Å²) >= 11 is 0. The van der Waals surface area contributed by atoms with Crippen LogP contribution in [-0.2, 0) is 10.0 Å². The van der Waals surface area contributed by atoms with E-state index in [-0.39, 0.29) is 27.5 Å². The molecule has 0 spiro atoms. The van der Waals surface area contributed by atoms with Crippen LogP contribution in [0, 0.1) is 20.8 Å². The number of aryl methyl sites for hydroxylation is 3. The van der Waals surface area contributed by atoms with Crippen LogP contribution in [0.25, 0.3) is 0 Å². The topological polar surface area (TPSA) is 89.0 Å². The number of carbonyl (C=O) groups excluding carboxylic acids is 1. The summed E-state index contributed by atoms with van der Waals surface area (Å²) in [5.41, 5.74) is 3.48. The van der Waals surface area contributed by atoms with Gasteiger partial charge in [-0.05, 0) is 56.2 Å². The molecule has 0 saturated heterocycles. The summed E-state index contributed by atoms with van der Waals surface area (Å²) in [5.74, 6) is -0.347. The summed E-state index contributed by atoms with van der Waals surface area (Å²) in [6.45, 7) is 17.6. The molecule has 0 saturated carbocycles. The molecule has 0 aliphatic rings. The standard InChI is InChI=1S/C20H19N3O3S.3C2H6/c1-13-4-6-17(7-5-13)27(25,26)23-19-9-15(3)14(2)8-18(19)20(24)16-10-21-12-22-11-16;3*1-2/h4-12,23H,1-3H3;3*1-2H3. The zero-order chi connectivity index (χ0) is 25.6. The van der Waals surface area contributed by atoms with Crippen LogP contribution in [0.3, 0.4) is 0 Å². The average Bonchev–Trinajstić information content (AvgIpc) is 2.85. The summed E-state index contributed by atoms with van der Waals surface area (Å²) < 4.78 is 28.1. The van der Waals surface area contributed by atoms with Crippen LogP contribution < -0.4 is 4.72 Å². The van der Waals surface area contributed by atoms with Gasteiger partial charge in [0, 0.05) is 18.0 Å². The number of hydrogen-bond acceptors (Lipinski definition) is 5. The molecule has 6 nitrogen and oxygen atoms in total. The molecule has 0 unspecified atom stereocenters. The Hall–Kier alpha value is -3.06. The van der Waals surface area contributed by atoms with Crippen LogP contribution in [0.2, 0.25) is 0 Å². The van der Waals surface area contributed by atoms with Gasteiger partial charge >= 0.3 is 0 Å². The van der Waals surface area contributed by atoms with Crippen molar-refractivity contribution in [1.29, 1.82) is 0 Å². The SMILES string of the molecule is CC.CC.CC.Cc1ccc(S(=O)(=O)Nc2cc(C)c(C)cc2C(=O)c2cncnc2)cc1. The van der Waals surface area contributed by atoms with E-state index in [2.05, 4.69) is 14.7 Å². The van der Waals surface area contributed by atoms with Crippen LogP contribution in [0.4, 0.5) is 5.69 Å². The first-order valence-electron chi connectivity index (χ1n) is 11.3. The minimum Gasteiger partial charge on any atom is -0.288 e. The van der Waals surface area contributed by atoms with Crippen LogP contribution in [0.5, 0.6) is 0 Å². The van der Waals surface area contributed by atoms with E-state index in [9.17, 15) is 13.2 Å². The van der Waals surface area contributed by atoms with Gasteiger partial charge in [-0.2, -0.15) is 0 Å². The van der Waals surface area contributed by atoms with Gasteiger partial charge in [-0.25, -0.2) is 18.4 Å². The maximum atomic E-state index is 12.9. The second-order valence-corrected chi connectivity index (χ2v) is 8.04. The normalized spacial score (nSPS) is 9.73. The number of nitrogens with one attached hydrogen (secondary N) is 1. The molecule has 33 heavy (non-hydrogen) atoms. The first kappa shape index (κ1) is 29.9. The number of nitrogens with zero attached hydrogens (tertiary/aromatic N) is 2. The van der Waals surface area contributed by atoms with E-state index >= 15 is 0 Å². The quantitative estimate of drug-likeness (QED) is 0.428. The van der Waals surface area contributed by atoms with Crippen molar-refractivity contribution in [2.24, 2.45) is 0 Å². The maximum absolute atomic E-state index is 12.9. The lowest BCUT2D eigenvalue weighted by Gasteiger charge is -2.15. The molecule has 0 radical (unpaired) electrons. The zero-order valence-electron chi connectivity index (χ0n) is 21.2. The average molecular weight is 472 g/mol. The molecule has 3 rings (SSSR count). The highest BCUT2D eigenvalue weighted by Gasteiger charge is 2.21. The number of aromatic nitrogens is 2. The summed E-state index contributed by atoms with van der Waals surface area (Å²) in [7, 11) is -3.83. The Kier molecular flexibility index (Phi) is 13.5. The molecule has 3 aromatic rings. The van der Waals surface area contributed by atoms with E-state index in [0.29, 0.717) is 0 Å². The Morgan fingerprint density at radius 1 is 0.788 bits per heavy atom. The Balaban J connectivity index is 0.00000158. The van der Waals surface area contributed by atoms with Gasteiger partial charge < -0.3 is 0 Å². The number of hydrogen-bond donors (Lipinski definition) is 1. The number of ketones is 1. The third-order valence-corrected chi connectivity index (χ3v) is 5.66. The predicted molar refractivity (Wildman–Crippen MR) is 137 cm³/mol. The summed E-state index contributed by atoms with van der Waals surface area (Å²) in [5, 5.41) is 0. The van der Waals surface area contributed by atoms with Gasteiger partial charge in [-0.3, -0.25) is 9.52 Å². The van der Waals surface area contributed by atoms with E-state index in [0.717, 1.165) is 16.7 Å². The largest absolute Gasteiger partial charge is 0.288 e. The van der Waals surface area contributed by atoms with Gasteiger partial charge in [0.05, 0.1) is 16.1 Å². The maximum Gasteiger partial charge on any atom is 0.261 e. The van der Waals surface area contributed by atoms with Crippen LogP contribution in [-0.4, -0.2) is 24.2 Å². The fraction of sp³-hybridized carbons (Fsp3) is 0.346. The van der Waals surface area contributed by atoms with Crippen molar-refractivity contribution in [1.82, 2.24) is 9.97 Å². The second-order valence-electron chi connectivity index (χ2n) is 6.36. The highest BCUT2D eigenvalue weighted by molar-refractivity contribution is 7.92. The first-order valence-corrected chi connectivity index (χ1v) is 12.8. The summed E-state index contributed by atoms with van der Waals surface area (Å²) in [4.78, 5) is 20.7. The lowest BCUT2D eigenvalue weighted by Crippen LogP contribution is -2.16. The Bertz CT molecular complexity index is 1100. The van der Waals surface area contributed by atoms with E-state index in [1.54, 1.807) is 24.3 Å². The second kappa shape index (κ2) is 14.9. The van der Waals surface area contributed by atoms with Gasteiger partial charge in [0.1, 0.15) is 6.33 Å². The van der Waals surface area contributed by atoms with Gasteiger partial charge in [0.2, 0.25) is 0 Å². The number of sulfonamides is 1. The van der Waals surface area contributed by atoms with Crippen LogP contribution in [0.15, 0.2) is 60.0 Å². The van der Waals surface area contributed by atoms with Crippen molar-refractivity contribution in [2.75, 3.05) is 4.72 Å². The van der Waals surface area contributed by atoms with E-state index in [1.165, 1.54) is 30.9 Å². The zero-order valence-corrected chi connectivity index (χ0v) is 22.0. The minimum atomic E-state index is -3.83. The first-order chi connectivity index (χ1) is 15.8. The Morgan fingerprint density at radius 2 is 1.27 bits per heavy atom. The van der Waals surface area contributed by atoms with Crippen LogP contribution in [0.1, 0.15) is 74.2 Å². The van der Waals surface area contributed by atoms with E-state index in [4.69, 9.17) is 0 Å². The van der Waals surface area contributed by atoms with Gasteiger partial charge in [0.25, 0.3) is 10.0 Å². The Morgan fingerprint density at radius 3 is 1.79 bits per heavy atom. The number of benzene rings is 2. The van der Waals surface area contributed by atoms with Gasteiger partial charge in [0.15, 0.2) is 5.78 Å². The summed E-state index contributed by atoms with van der Waals surface area (Å²) in [6, 6.07) is 9.86. The van der Waals surface area contributed by atoms with Crippen molar-refractivity contribution in [2.45, 2.75) is 67.2 Å². The molecule has 0 fully saturated rings. The number of rotatable bonds is 5. The smallest absolute Gasteiger partial charge is 0.261 e. The van der Waals surface area contributed by atoms with Crippen molar-refractivity contribution >= 4 is 21.5 Å². The Labute approximate surface area is 199 Å². The number of carbonyl (C=O) groups is 1. The van der Waals surface area contributed by atoms with Crippen molar-refractivity contribution in [3.05, 3.63) is 82.9 Å². The van der Waals surface area contributed by atoms with E-state index < -0.39 is 10.0 Å². The molecule has 0 aliphatic heterocycles. The minimum absolute atomic E-state index is 0.132. The predicted octanol–water partition coefficient (Wildman–Crippen LogP) is 6.51. The molecule has 2 aromatic carbocycles. The van der Waals surface area contributed by atoms with Crippen molar-refractivity contribution in [3.8, 4) is 0 Å². The van der Waals surface area contributed by atoms with Crippen molar-refractivity contribution < 1.29 is 13.2 Å². The fourth-order valence-electron chi connectivity index (χ4n) is 2.58. The monoisotopic (exact) mass is 471 g/mol. The van der Waals surface area contributed by atoms with Gasteiger partial charge in [-0.1, -0.05) is 59.2 Å². The highest BCUT2D eigenvalue weighted by atomic mass is 32.2. The molecule has 1 N–H and O–H groups in total. The van der Waals surface area contributed by atoms with Crippen molar-refractivity contribution in [3.63, 3.8) is 0 Å². The molecular weight excluding hydrogens is 434 g/mol. The molecule has 1 heterocycles. The highest BCUT2D eigenvalue weighted by Crippen LogP contribution is 2.26. The molecule has 0 atom stereocenters. The lowest BCUT2D eigenvalue weighted by molar-refractivity contribution is 0.103. The lowest BCUT2D eigenvalue weighted by atomic mass is 9.99. The fourth-order valence-corrected chi connectivity index (χ4v) is 3.65. The van der Waals surface area contributed by atoms with Gasteiger partial charge in [-0.15, -0.1) is 0 Å². The molecule has 7 heteroatoms. The van der Waals surface area contributed by atoms with E-state index in [1.807, 2.05) is 62.3 Å². The van der Waals surface area contributed by atoms with Crippen LogP contribution >= 0.6 is 0 Å². The third kappa shape index (κ3) is 8.42. The molecule has 180 valence electrons. The molecule has 0 amide bonds. The summed E-state index contributed by atoms with van der Waals surface area (Å²) in [6.07, 6.45) is 4.14. The third-order valence-electron chi connectivity index (χ3n) is 4.28. The number of anilines is 1.